The van der Waals surface area contributed by atoms with Crippen molar-refractivity contribution in [2.45, 2.75) is 90.4 Å². The Kier molecular flexibility index (Phi) is 5.26. The minimum absolute atomic E-state index is 0.0772. The van der Waals surface area contributed by atoms with E-state index in [1.54, 1.807) is 0 Å². The molecule has 2 aliphatic rings. The maximum atomic E-state index is 12.5. The van der Waals surface area contributed by atoms with Crippen molar-refractivity contribution in [2.24, 2.45) is 5.92 Å². The van der Waals surface area contributed by atoms with Crippen molar-refractivity contribution in [1.29, 1.82) is 0 Å². The lowest BCUT2D eigenvalue weighted by Gasteiger charge is -2.36. The van der Waals surface area contributed by atoms with Gasteiger partial charge in [0.25, 0.3) is 0 Å². The van der Waals surface area contributed by atoms with E-state index in [1.807, 2.05) is 0 Å². The van der Waals surface area contributed by atoms with Gasteiger partial charge in [-0.2, -0.15) is 0 Å². The van der Waals surface area contributed by atoms with Crippen molar-refractivity contribution < 1.29 is 4.79 Å². The minimum Gasteiger partial charge on any atom is -0.323 e. The Morgan fingerprint density at radius 3 is 2.32 bits per heavy atom. The Morgan fingerprint density at radius 2 is 1.74 bits per heavy atom. The highest BCUT2D eigenvalue weighted by Crippen LogP contribution is 2.32. The molecule has 1 aliphatic heterocycles. The van der Waals surface area contributed by atoms with E-state index in [2.05, 4.69) is 31.0 Å². The summed E-state index contributed by atoms with van der Waals surface area (Å²) in [7, 11) is 0. The number of amides is 1. The van der Waals surface area contributed by atoms with Crippen LogP contribution >= 0.6 is 0 Å². The number of hydrogen-bond donors (Lipinski definition) is 1. The molecule has 1 amide bonds. The highest BCUT2D eigenvalue weighted by atomic mass is 16.2. The van der Waals surface area contributed by atoms with E-state index in [0.29, 0.717) is 11.9 Å². The topological polar surface area (TPSA) is 32.3 Å². The first kappa shape index (κ1) is 14.8. The Bertz CT molecular complexity index is 297. The maximum absolute atomic E-state index is 12.5. The fraction of sp³-hybridized carbons (Fsp3) is 0.938. The van der Waals surface area contributed by atoms with Crippen LogP contribution in [-0.2, 0) is 4.79 Å². The van der Waals surface area contributed by atoms with Gasteiger partial charge in [-0.3, -0.25) is 10.1 Å². The predicted octanol–water partition coefficient (Wildman–Crippen LogP) is 3.29. The predicted molar refractivity (Wildman–Crippen MR) is 78.8 cm³/mol. The summed E-state index contributed by atoms with van der Waals surface area (Å²) in [5, 5.41) is 3.46. The standard InChI is InChI=1S/C16H30N2O/c1-4-6-13-8-10-14(11-9-13)18-12(3)17-15(7-5-2)16(18)19/h12-15,17H,4-11H2,1-3H3. The molecule has 19 heavy (non-hydrogen) atoms. The molecule has 1 heterocycles. The maximum Gasteiger partial charge on any atom is 0.241 e. The second-order valence-electron chi connectivity index (χ2n) is 6.39. The first-order valence-corrected chi connectivity index (χ1v) is 8.25. The molecule has 3 nitrogen and oxygen atoms in total. The number of nitrogens with zero attached hydrogens (tertiary/aromatic N) is 1. The second-order valence-corrected chi connectivity index (χ2v) is 6.39. The molecule has 1 saturated carbocycles. The normalized spacial score (nSPS) is 35.9. The van der Waals surface area contributed by atoms with E-state index < -0.39 is 0 Å². The lowest BCUT2D eigenvalue weighted by Crippen LogP contribution is -2.44. The SMILES string of the molecule is CCCC1CCC(N2C(=O)C(CCC)NC2C)CC1. The van der Waals surface area contributed by atoms with Gasteiger partial charge < -0.3 is 4.90 Å². The van der Waals surface area contributed by atoms with E-state index >= 15 is 0 Å². The fourth-order valence-electron chi connectivity index (χ4n) is 3.93. The van der Waals surface area contributed by atoms with Crippen LogP contribution < -0.4 is 5.32 Å². The van der Waals surface area contributed by atoms with Crippen molar-refractivity contribution in [3.8, 4) is 0 Å². The van der Waals surface area contributed by atoms with Crippen LogP contribution in [0.15, 0.2) is 0 Å². The Labute approximate surface area is 118 Å². The third-order valence-electron chi connectivity index (χ3n) is 4.90. The van der Waals surface area contributed by atoms with E-state index in [1.165, 1.54) is 38.5 Å². The van der Waals surface area contributed by atoms with Gasteiger partial charge in [-0.15, -0.1) is 0 Å². The van der Waals surface area contributed by atoms with Gasteiger partial charge in [-0.05, 0) is 44.9 Å². The summed E-state index contributed by atoms with van der Waals surface area (Å²) in [6, 6.07) is 0.568. The van der Waals surface area contributed by atoms with Gasteiger partial charge >= 0.3 is 0 Å². The molecule has 1 saturated heterocycles. The second kappa shape index (κ2) is 6.74. The summed E-state index contributed by atoms with van der Waals surface area (Å²) in [6.07, 6.45) is 10.00. The Balaban J connectivity index is 1.90. The number of carbonyl (C=O) groups excluding carboxylic acids is 1. The largest absolute Gasteiger partial charge is 0.323 e. The molecule has 1 N–H and O–H groups in total. The van der Waals surface area contributed by atoms with Crippen LogP contribution in [0, 0.1) is 5.92 Å². The lowest BCUT2D eigenvalue weighted by molar-refractivity contribution is -0.133. The molecule has 2 atom stereocenters. The molecule has 0 aromatic rings. The van der Waals surface area contributed by atoms with E-state index in [0.717, 1.165) is 18.8 Å². The van der Waals surface area contributed by atoms with Crippen molar-refractivity contribution >= 4 is 5.91 Å². The quantitative estimate of drug-likeness (QED) is 0.828. The molecule has 0 aromatic carbocycles. The summed E-state index contributed by atoms with van der Waals surface area (Å²) in [6.45, 7) is 6.57. The smallest absolute Gasteiger partial charge is 0.241 e. The minimum atomic E-state index is 0.0772. The first-order chi connectivity index (χ1) is 9.17. The summed E-state index contributed by atoms with van der Waals surface area (Å²) in [5.74, 6) is 1.27. The molecule has 110 valence electrons. The molecule has 0 aromatic heterocycles. The highest BCUT2D eigenvalue weighted by Gasteiger charge is 2.40. The van der Waals surface area contributed by atoms with Gasteiger partial charge in [0.05, 0.1) is 12.2 Å². The van der Waals surface area contributed by atoms with E-state index in [-0.39, 0.29) is 12.2 Å². The van der Waals surface area contributed by atoms with Crippen LogP contribution in [0.4, 0.5) is 0 Å². The average molecular weight is 266 g/mol. The van der Waals surface area contributed by atoms with Crippen molar-refractivity contribution in [3.63, 3.8) is 0 Å². The third-order valence-corrected chi connectivity index (χ3v) is 4.90. The third kappa shape index (κ3) is 3.31. The van der Waals surface area contributed by atoms with Crippen LogP contribution in [-0.4, -0.2) is 29.1 Å². The molecule has 2 rings (SSSR count). The van der Waals surface area contributed by atoms with Crippen LogP contribution in [0.3, 0.4) is 0 Å². The van der Waals surface area contributed by atoms with Gasteiger partial charge in [0.2, 0.25) is 5.91 Å². The molecule has 2 unspecified atom stereocenters. The molecule has 0 spiro atoms. The number of rotatable bonds is 5. The molecule has 0 bridgehead atoms. The summed E-state index contributed by atoms with van der Waals surface area (Å²) < 4.78 is 0. The average Bonchev–Trinajstić information content (AvgIpc) is 2.67. The monoisotopic (exact) mass is 266 g/mol. The van der Waals surface area contributed by atoms with Crippen molar-refractivity contribution in [3.05, 3.63) is 0 Å². The van der Waals surface area contributed by atoms with E-state index in [9.17, 15) is 4.79 Å². The van der Waals surface area contributed by atoms with Crippen LogP contribution in [0.5, 0.6) is 0 Å². The van der Waals surface area contributed by atoms with Gasteiger partial charge in [0, 0.05) is 6.04 Å². The first-order valence-electron chi connectivity index (χ1n) is 8.25. The summed E-state index contributed by atoms with van der Waals surface area (Å²) in [4.78, 5) is 14.6. The zero-order valence-corrected chi connectivity index (χ0v) is 12.8. The number of carbonyl (C=O) groups is 1. The van der Waals surface area contributed by atoms with Crippen molar-refractivity contribution in [2.75, 3.05) is 0 Å². The van der Waals surface area contributed by atoms with Crippen LogP contribution in [0.2, 0.25) is 0 Å². The molecule has 2 fully saturated rings. The van der Waals surface area contributed by atoms with Gasteiger partial charge in [-0.25, -0.2) is 0 Å². The van der Waals surface area contributed by atoms with Crippen LogP contribution in [0.1, 0.15) is 72.1 Å². The molecular formula is C16H30N2O. The number of nitrogens with one attached hydrogen (secondary N) is 1. The number of hydrogen-bond acceptors (Lipinski definition) is 2. The fourth-order valence-corrected chi connectivity index (χ4v) is 3.93. The molecule has 0 radical (unpaired) electrons. The highest BCUT2D eigenvalue weighted by molar-refractivity contribution is 5.84. The molecular weight excluding hydrogens is 236 g/mol. The van der Waals surface area contributed by atoms with Gasteiger partial charge in [0.15, 0.2) is 0 Å². The zero-order chi connectivity index (χ0) is 13.8. The van der Waals surface area contributed by atoms with Gasteiger partial charge in [-0.1, -0.05) is 33.1 Å². The Morgan fingerprint density at radius 1 is 1.11 bits per heavy atom. The molecule has 1 aliphatic carbocycles. The summed E-state index contributed by atoms with van der Waals surface area (Å²) >= 11 is 0. The van der Waals surface area contributed by atoms with E-state index in [4.69, 9.17) is 0 Å². The summed E-state index contributed by atoms with van der Waals surface area (Å²) in [5.41, 5.74) is 0. The Hall–Kier alpha value is -0.570. The lowest BCUT2D eigenvalue weighted by atomic mass is 9.83. The van der Waals surface area contributed by atoms with Crippen molar-refractivity contribution in [1.82, 2.24) is 10.2 Å². The molecule has 3 heteroatoms. The van der Waals surface area contributed by atoms with Gasteiger partial charge in [0.1, 0.15) is 0 Å². The van der Waals surface area contributed by atoms with Crippen LogP contribution in [0.25, 0.3) is 0 Å². The zero-order valence-electron chi connectivity index (χ0n) is 12.8.